The highest BCUT2D eigenvalue weighted by Crippen LogP contribution is 2.26. The minimum atomic E-state index is -0.639. The maximum Gasteiger partial charge on any atom is 0.358 e. The number of aryl methyl sites for hydroxylation is 2. The highest BCUT2D eigenvalue weighted by atomic mass is 35.5. The normalized spacial score (nSPS) is 10.5. The van der Waals surface area contributed by atoms with Crippen LogP contribution in [0.5, 0.6) is 0 Å². The first kappa shape index (κ1) is 20.0. The minimum absolute atomic E-state index is 0.165. The highest BCUT2D eigenvalue weighted by Gasteiger charge is 2.16. The van der Waals surface area contributed by atoms with Gasteiger partial charge in [0.25, 0.3) is 5.91 Å². The highest BCUT2D eigenvalue weighted by molar-refractivity contribution is 7.13. The maximum absolute atomic E-state index is 12.2. The van der Waals surface area contributed by atoms with Crippen molar-refractivity contribution >= 4 is 40.5 Å². The molecule has 7 heteroatoms. The number of hydrogen-bond acceptors (Lipinski definition) is 5. The molecule has 0 bridgehead atoms. The zero-order valence-electron chi connectivity index (χ0n) is 15.5. The van der Waals surface area contributed by atoms with Crippen molar-refractivity contribution in [1.29, 1.82) is 0 Å². The van der Waals surface area contributed by atoms with Gasteiger partial charge in [-0.05, 0) is 36.6 Å². The maximum atomic E-state index is 12.2. The molecular formula is C21H19ClN2O3S. The molecular weight excluding hydrogens is 396 g/mol. The first-order valence-corrected chi connectivity index (χ1v) is 10.0. The van der Waals surface area contributed by atoms with Crippen molar-refractivity contribution in [3.63, 3.8) is 0 Å². The molecule has 0 radical (unpaired) electrons. The average molecular weight is 415 g/mol. The fraction of sp³-hybridized carbons (Fsp3) is 0.190. The summed E-state index contributed by atoms with van der Waals surface area (Å²) in [7, 11) is 0. The molecule has 1 N–H and O–H groups in total. The van der Waals surface area contributed by atoms with Crippen LogP contribution in [0.3, 0.4) is 0 Å². The van der Waals surface area contributed by atoms with Gasteiger partial charge in [-0.15, -0.1) is 11.3 Å². The van der Waals surface area contributed by atoms with Crippen molar-refractivity contribution in [1.82, 2.24) is 4.98 Å². The van der Waals surface area contributed by atoms with Gasteiger partial charge in [0.1, 0.15) is 5.01 Å². The Morgan fingerprint density at radius 2 is 2.00 bits per heavy atom. The number of amides is 1. The second-order valence-corrected chi connectivity index (χ2v) is 7.43. The standard InChI is InChI=1S/C21H19ClN2O3S/c1-3-14-7-4-6-13(2)19(14)24-18(25)11-27-21(26)17-12-28-20(23-17)15-8-5-9-16(22)10-15/h4-10,12H,3,11H2,1-2H3,(H,24,25). The molecule has 0 aliphatic heterocycles. The summed E-state index contributed by atoms with van der Waals surface area (Å²) < 4.78 is 5.12. The van der Waals surface area contributed by atoms with Crippen LogP contribution in [0.4, 0.5) is 5.69 Å². The van der Waals surface area contributed by atoms with Crippen LogP contribution in [0.1, 0.15) is 28.5 Å². The van der Waals surface area contributed by atoms with Gasteiger partial charge in [-0.2, -0.15) is 0 Å². The lowest BCUT2D eigenvalue weighted by atomic mass is 10.1. The number of rotatable bonds is 6. The summed E-state index contributed by atoms with van der Waals surface area (Å²) in [6, 6.07) is 13.1. The Balaban J connectivity index is 1.61. The van der Waals surface area contributed by atoms with Crippen LogP contribution in [0.15, 0.2) is 47.8 Å². The SMILES string of the molecule is CCc1cccc(C)c1NC(=O)COC(=O)c1csc(-c2cccc(Cl)c2)n1. The third-order valence-electron chi connectivity index (χ3n) is 4.12. The number of benzene rings is 2. The van der Waals surface area contributed by atoms with Crippen molar-refractivity contribution in [3.05, 3.63) is 69.7 Å². The number of esters is 1. The van der Waals surface area contributed by atoms with E-state index in [0.717, 1.165) is 28.8 Å². The number of aromatic nitrogens is 1. The Hall–Kier alpha value is -2.70. The Labute approximate surface area is 172 Å². The van der Waals surface area contributed by atoms with Crippen molar-refractivity contribution in [2.75, 3.05) is 11.9 Å². The third-order valence-corrected chi connectivity index (χ3v) is 5.25. The summed E-state index contributed by atoms with van der Waals surface area (Å²) in [5, 5.41) is 5.68. The van der Waals surface area contributed by atoms with Gasteiger partial charge in [0.05, 0.1) is 0 Å². The van der Waals surface area contributed by atoms with Crippen molar-refractivity contribution < 1.29 is 14.3 Å². The molecule has 0 aliphatic carbocycles. The predicted octanol–water partition coefficient (Wildman–Crippen LogP) is 5.13. The van der Waals surface area contributed by atoms with E-state index in [1.807, 2.05) is 44.2 Å². The van der Waals surface area contributed by atoms with Crippen LogP contribution in [0.2, 0.25) is 5.02 Å². The van der Waals surface area contributed by atoms with E-state index in [1.54, 1.807) is 17.5 Å². The van der Waals surface area contributed by atoms with Gasteiger partial charge in [-0.3, -0.25) is 4.79 Å². The Morgan fingerprint density at radius 1 is 1.21 bits per heavy atom. The number of carbonyl (C=O) groups excluding carboxylic acids is 2. The molecule has 0 saturated heterocycles. The van der Waals surface area contributed by atoms with E-state index in [1.165, 1.54) is 11.3 Å². The van der Waals surface area contributed by atoms with Gasteiger partial charge in [0.2, 0.25) is 0 Å². The molecule has 0 spiro atoms. The molecule has 0 atom stereocenters. The number of para-hydroxylation sites is 1. The minimum Gasteiger partial charge on any atom is -0.451 e. The van der Waals surface area contributed by atoms with Crippen LogP contribution in [-0.4, -0.2) is 23.5 Å². The van der Waals surface area contributed by atoms with E-state index in [9.17, 15) is 9.59 Å². The van der Waals surface area contributed by atoms with E-state index in [2.05, 4.69) is 10.3 Å². The number of nitrogens with zero attached hydrogens (tertiary/aromatic N) is 1. The molecule has 1 aromatic heterocycles. The summed E-state index contributed by atoms with van der Waals surface area (Å²) in [6.07, 6.45) is 0.794. The van der Waals surface area contributed by atoms with Crippen LogP contribution < -0.4 is 5.32 Å². The van der Waals surface area contributed by atoms with E-state index in [4.69, 9.17) is 16.3 Å². The molecule has 0 saturated carbocycles. The smallest absolute Gasteiger partial charge is 0.358 e. The first-order valence-electron chi connectivity index (χ1n) is 8.75. The Morgan fingerprint density at radius 3 is 2.75 bits per heavy atom. The fourth-order valence-corrected chi connectivity index (χ4v) is 3.68. The molecule has 28 heavy (non-hydrogen) atoms. The Bertz CT molecular complexity index is 1020. The van der Waals surface area contributed by atoms with E-state index < -0.39 is 5.97 Å². The summed E-state index contributed by atoms with van der Waals surface area (Å²) in [4.78, 5) is 28.7. The molecule has 3 aromatic rings. The van der Waals surface area contributed by atoms with E-state index in [0.29, 0.717) is 10.0 Å². The molecule has 2 aromatic carbocycles. The predicted molar refractivity (Wildman–Crippen MR) is 112 cm³/mol. The van der Waals surface area contributed by atoms with Crippen LogP contribution in [-0.2, 0) is 16.0 Å². The fourth-order valence-electron chi connectivity index (χ4n) is 2.70. The van der Waals surface area contributed by atoms with Crippen molar-refractivity contribution in [2.45, 2.75) is 20.3 Å². The van der Waals surface area contributed by atoms with E-state index >= 15 is 0 Å². The zero-order chi connectivity index (χ0) is 20.1. The van der Waals surface area contributed by atoms with Gasteiger partial charge in [-0.25, -0.2) is 9.78 Å². The van der Waals surface area contributed by atoms with Gasteiger partial charge < -0.3 is 10.1 Å². The van der Waals surface area contributed by atoms with Crippen molar-refractivity contribution in [3.8, 4) is 10.6 Å². The molecule has 1 heterocycles. The number of halogens is 1. The number of ether oxygens (including phenoxy) is 1. The first-order chi connectivity index (χ1) is 13.5. The van der Waals surface area contributed by atoms with Gasteiger partial charge in [0, 0.05) is 21.7 Å². The Kier molecular flexibility index (Phi) is 6.44. The molecule has 144 valence electrons. The van der Waals surface area contributed by atoms with Crippen LogP contribution >= 0.6 is 22.9 Å². The van der Waals surface area contributed by atoms with Crippen LogP contribution in [0, 0.1) is 6.92 Å². The molecule has 5 nitrogen and oxygen atoms in total. The average Bonchev–Trinajstić information content (AvgIpc) is 3.18. The topological polar surface area (TPSA) is 68.3 Å². The number of hydrogen-bond donors (Lipinski definition) is 1. The number of thiazole rings is 1. The lowest BCUT2D eigenvalue weighted by molar-refractivity contribution is -0.119. The quantitative estimate of drug-likeness (QED) is 0.568. The van der Waals surface area contributed by atoms with Gasteiger partial charge >= 0.3 is 5.97 Å². The second kappa shape index (κ2) is 8.99. The molecule has 0 aliphatic rings. The number of carbonyl (C=O) groups is 2. The van der Waals surface area contributed by atoms with Crippen LogP contribution in [0.25, 0.3) is 10.6 Å². The van der Waals surface area contributed by atoms with Crippen molar-refractivity contribution in [2.24, 2.45) is 0 Å². The molecule has 1 amide bonds. The number of nitrogens with one attached hydrogen (secondary N) is 1. The summed E-state index contributed by atoms with van der Waals surface area (Å²) >= 11 is 7.30. The molecule has 3 rings (SSSR count). The summed E-state index contributed by atoms with van der Waals surface area (Å²) in [5.74, 6) is -1.03. The second-order valence-electron chi connectivity index (χ2n) is 6.14. The zero-order valence-corrected chi connectivity index (χ0v) is 17.1. The summed E-state index contributed by atoms with van der Waals surface area (Å²) in [6.45, 7) is 3.57. The third kappa shape index (κ3) is 4.77. The largest absolute Gasteiger partial charge is 0.451 e. The monoisotopic (exact) mass is 414 g/mol. The lowest BCUT2D eigenvalue weighted by Crippen LogP contribution is -2.22. The number of anilines is 1. The molecule has 0 unspecified atom stereocenters. The van der Waals surface area contributed by atoms with Gasteiger partial charge in [0.15, 0.2) is 12.3 Å². The lowest BCUT2D eigenvalue weighted by Gasteiger charge is -2.12. The van der Waals surface area contributed by atoms with Gasteiger partial charge in [-0.1, -0.05) is 48.9 Å². The molecule has 0 fully saturated rings. The van der Waals surface area contributed by atoms with E-state index in [-0.39, 0.29) is 18.2 Å². The summed E-state index contributed by atoms with van der Waals surface area (Å²) in [5.41, 5.74) is 3.75.